The Kier molecular flexibility index (Phi) is 6.08. The average molecular weight is 479 g/mol. The summed E-state index contributed by atoms with van der Waals surface area (Å²) in [5, 5.41) is 11.3. The molecular formula is C18H19FN7O6P. The lowest BCUT2D eigenvalue weighted by atomic mass is 10.1. The van der Waals surface area contributed by atoms with Gasteiger partial charge in [-0.3, -0.25) is 14.3 Å². The van der Waals surface area contributed by atoms with Crippen LogP contribution in [0.25, 0.3) is 11.1 Å². The molecule has 1 unspecified atom stereocenters. The second-order valence-corrected chi connectivity index (χ2v) is 8.37. The first-order chi connectivity index (χ1) is 15.6. The summed E-state index contributed by atoms with van der Waals surface area (Å²) in [4.78, 5) is 36.8. The first kappa shape index (κ1) is 22.7. The van der Waals surface area contributed by atoms with Crippen molar-refractivity contribution in [1.82, 2.24) is 25.2 Å². The zero-order valence-corrected chi connectivity index (χ0v) is 18.3. The molecule has 1 fully saturated rings. The number of hydrogen-bond donors (Lipinski definition) is 2. The minimum atomic E-state index is -4.69. The molecule has 0 aliphatic carbocycles. The van der Waals surface area contributed by atoms with Crippen molar-refractivity contribution in [2.75, 3.05) is 30.0 Å². The van der Waals surface area contributed by atoms with Crippen LogP contribution >= 0.6 is 7.82 Å². The van der Waals surface area contributed by atoms with Crippen LogP contribution in [0.1, 0.15) is 0 Å². The highest BCUT2D eigenvalue weighted by Crippen LogP contribution is 2.37. The first-order valence-corrected chi connectivity index (χ1v) is 11.1. The number of tetrazole rings is 1. The summed E-state index contributed by atoms with van der Waals surface area (Å²) in [5.74, 6) is 0.445. The molecule has 2 aromatic heterocycles. The number of anilines is 3. The number of carbonyl (C=O) groups excluding carboxylic acids is 1. The molecule has 174 valence electrons. The first-order valence-electron chi connectivity index (χ1n) is 9.52. The van der Waals surface area contributed by atoms with E-state index in [-0.39, 0.29) is 17.8 Å². The van der Waals surface area contributed by atoms with Gasteiger partial charge in [-0.1, -0.05) is 5.10 Å². The van der Waals surface area contributed by atoms with Crippen molar-refractivity contribution >= 4 is 31.4 Å². The van der Waals surface area contributed by atoms with Crippen LogP contribution < -0.4 is 9.80 Å². The Morgan fingerprint density at radius 2 is 2.12 bits per heavy atom. The number of rotatable bonds is 7. The van der Waals surface area contributed by atoms with Crippen LogP contribution in [0.4, 0.5) is 26.6 Å². The van der Waals surface area contributed by atoms with Gasteiger partial charge >= 0.3 is 13.9 Å². The van der Waals surface area contributed by atoms with Crippen LogP contribution in [0.15, 0.2) is 36.5 Å². The monoisotopic (exact) mass is 479 g/mol. The molecule has 0 bridgehead atoms. The number of aryl methyl sites for hydroxylation is 1. The van der Waals surface area contributed by atoms with E-state index in [0.717, 1.165) is 4.90 Å². The number of halogens is 1. The van der Waals surface area contributed by atoms with E-state index in [9.17, 15) is 13.8 Å². The number of nitrogens with zero attached hydrogens (tertiary/aromatic N) is 7. The zero-order valence-electron chi connectivity index (χ0n) is 17.4. The van der Waals surface area contributed by atoms with Crippen molar-refractivity contribution in [3.05, 3.63) is 42.3 Å². The summed E-state index contributed by atoms with van der Waals surface area (Å²) in [6.07, 6.45) is -0.160. The smallest absolute Gasteiger partial charge is 0.441 e. The topological polar surface area (TPSA) is 156 Å². The highest BCUT2D eigenvalue weighted by atomic mass is 31.2. The van der Waals surface area contributed by atoms with Crippen LogP contribution in [-0.2, 0) is 20.9 Å². The lowest BCUT2D eigenvalue weighted by molar-refractivity contribution is 0.0880. The Bertz CT molecular complexity index is 1220. The van der Waals surface area contributed by atoms with Crippen LogP contribution in [0.5, 0.6) is 0 Å². The summed E-state index contributed by atoms with van der Waals surface area (Å²) < 4.78 is 36.6. The lowest BCUT2D eigenvalue weighted by Crippen LogP contribution is -2.25. The molecule has 1 amide bonds. The molecule has 1 saturated heterocycles. The summed E-state index contributed by atoms with van der Waals surface area (Å²) in [6.45, 7) is -0.527. The Balaban J connectivity index is 1.48. The Hall–Kier alpha value is -3.45. The fourth-order valence-electron chi connectivity index (χ4n) is 3.26. The summed E-state index contributed by atoms with van der Waals surface area (Å²) in [5.41, 5.74) is 1.03. The van der Waals surface area contributed by atoms with E-state index < -0.39 is 32.4 Å². The van der Waals surface area contributed by atoms with Gasteiger partial charge in [0.2, 0.25) is 0 Å². The number of amides is 1. The Labute approximate surface area is 186 Å². The molecule has 4 rings (SSSR count). The van der Waals surface area contributed by atoms with Crippen molar-refractivity contribution in [3.63, 3.8) is 0 Å². The Morgan fingerprint density at radius 1 is 1.33 bits per heavy atom. The lowest BCUT2D eigenvalue weighted by Gasteiger charge is -2.16. The molecule has 1 atom stereocenters. The van der Waals surface area contributed by atoms with E-state index >= 15 is 0 Å². The molecule has 15 heteroatoms. The number of cyclic esters (lactones) is 1. The van der Waals surface area contributed by atoms with Crippen molar-refractivity contribution in [2.45, 2.75) is 6.10 Å². The van der Waals surface area contributed by atoms with Crippen molar-refractivity contribution in [3.8, 4) is 11.1 Å². The molecule has 33 heavy (non-hydrogen) atoms. The number of ether oxygens (including phenoxy) is 1. The second kappa shape index (κ2) is 8.83. The van der Waals surface area contributed by atoms with E-state index in [1.54, 1.807) is 31.1 Å². The largest absolute Gasteiger partial charge is 0.469 e. The number of phosphoric acid groups is 1. The molecule has 3 aromatic rings. The van der Waals surface area contributed by atoms with Gasteiger partial charge in [0, 0.05) is 31.4 Å². The predicted molar refractivity (Wildman–Crippen MR) is 112 cm³/mol. The number of aromatic nitrogens is 5. The van der Waals surface area contributed by atoms with E-state index in [1.807, 2.05) is 0 Å². The van der Waals surface area contributed by atoms with Crippen LogP contribution in [-0.4, -0.2) is 67.4 Å². The molecule has 2 N–H and O–H groups in total. The minimum Gasteiger partial charge on any atom is -0.441 e. The maximum Gasteiger partial charge on any atom is 0.469 e. The molecule has 0 saturated carbocycles. The molecular weight excluding hydrogens is 460 g/mol. The van der Waals surface area contributed by atoms with Gasteiger partial charge in [0.15, 0.2) is 0 Å². The molecule has 13 nitrogen and oxygen atoms in total. The molecule has 1 aliphatic heterocycles. The number of carbonyl (C=O) groups is 1. The number of benzene rings is 1. The highest BCUT2D eigenvalue weighted by Gasteiger charge is 2.34. The van der Waals surface area contributed by atoms with Gasteiger partial charge in [-0.05, 0) is 40.8 Å². The predicted octanol–water partition coefficient (Wildman–Crippen LogP) is 1.61. The highest BCUT2D eigenvalue weighted by molar-refractivity contribution is 7.46. The van der Waals surface area contributed by atoms with Crippen molar-refractivity contribution in [2.24, 2.45) is 7.05 Å². The number of pyridine rings is 1. The van der Waals surface area contributed by atoms with Crippen LogP contribution in [0, 0.1) is 5.82 Å². The quantitative estimate of drug-likeness (QED) is 0.475. The molecule has 0 spiro atoms. The minimum absolute atomic E-state index is 0.0445. The SMILES string of the molecule is CN(c1ccc(-c2ccc(N3CC(COP(=O)(O)O)OC3=O)cc2F)cn1)c1nnnn1C. The summed E-state index contributed by atoms with van der Waals surface area (Å²) in [7, 11) is -1.25. The van der Waals surface area contributed by atoms with Gasteiger partial charge in [0.1, 0.15) is 17.7 Å². The zero-order chi connectivity index (χ0) is 23.8. The fourth-order valence-corrected chi connectivity index (χ4v) is 3.62. The summed E-state index contributed by atoms with van der Waals surface area (Å²) in [6, 6.07) is 7.61. The third-order valence-electron chi connectivity index (χ3n) is 4.87. The molecule has 3 heterocycles. The van der Waals surface area contributed by atoms with Gasteiger partial charge < -0.3 is 14.5 Å². The number of phosphoric ester groups is 1. The van der Waals surface area contributed by atoms with Gasteiger partial charge in [-0.2, -0.15) is 0 Å². The second-order valence-electron chi connectivity index (χ2n) is 7.13. The van der Waals surface area contributed by atoms with Crippen molar-refractivity contribution in [1.29, 1.82) is 0 Å². The third-order valence-corrected chi connectivity index (χ3v) is 5.35. The van der Waals surface area contributed by atoms with E-state index in [0.29, 0.717) is 17.3 Å². The third kappa shape index (κ3) is 4.98. The normalized spacial score (nSPS) is 16.2. The van der Waals surface area contributed by atoms with Gasteiger partial charge in [0.25, 0.3) is 5.95 Å². The molecule has 1 aromatic carbocycles. The summed E-state index contributed by atoms with van der Waals surface area (Å²) >= 11 is 0. The van der Waals surface area contributed by atoms with E-state index in [2.05, 4.69) is 25.0 Å². The standard InChI is InChI=1S/C18H19FN7O6P/c1-24(17-21-22-23-25(17)2)16-6-3-11(8-20-16)14-5-4-12(7-15(14)19)26-9-13(32-18(26)27)10-31-33(28,29)30/h3-8,13H,9-10H2,1-2H3,(H2,28,29,30). The maximum absolute atomic E-state index is 14.9. The van der Waals surface area contributed by atoms with Gasteiger partial charge in [0.05, 0.1) is 18.8 Å². The van der Waals surface area contributed by atoms with E-state index in [4.69, 9.17) is 14.5 Å². The molecule has 1 aliphatic rings. The fraction of sp³-hybridized carbons (Fsp3) is 0.278. The van der Waals surface area contributed by atoms with Crippen LogP contribution in [0.3, 0.4) is 0 Å². The molecule has 0 radical (unpaired) electrons. The van der Waals surface area contributed by atoms with Crippen LogP contribution in [0.2, 0.25) is 0 Å². The Morgan fingerprint density at radius 3 is 2.73 bits per heavy atom. The average Bonchev–Trinajstić information content (AvgIpc) is 3.36. The maximum atomic E-state index is 14.9. The van der Waals surface area contributed by atoms with Crippen molar-refractivity contribution < 1.29 is 32.8 Å². The van der Waals surface area contributed by atoms with Gasteiger partial charge in [-0.25, -0.2) is 23.4 Å². The number of hydrogen-bond acceptors (Lipinski definition) is 9. The van der Waals surface area contributed by atoms with Gasteiger partial charge in [-0.15, -0.1) is 0 Å². The van der Waals surface area contributed by atoms with E-state index in [1.165, 1.54) is 29.1 Å².